The number of aryl methyl sites for hydroxylation is 1. The number of nitrogen functional groups attached to an aromatic ring is 1. The Kier molecular flexibility index (Phi) is 3.13. The average Bonchev–Trinajstić information content (AvgIpc) is 2.55. The molecule has 0 aliphatic carbocycles. The van der Waals surface area contributed by atoms with Gasteiger partial charge in [-0.2, -0.15) is 5.10 Å². The van der Waals surface area contributed by atoms with E-state index in [1.54, 1.807) is 9.25 Å². The smallest absolute Gasteiger partial charge is 0.264 e. The van der Waals surface area contributed by atoms with Gasteiger partial charge in [0.15, 0.2) is 5.82 Å². The molecule has 3 N–H and O–H groups in total. The monoisotopic (exact) mass is 250 g/mol. The molecule has 0 fully saturated rings. The third-order valence-corrected chi connectivity index (χ3v) is 3.01. The van der Waals surface area contributed by atoms with Crippen molar-refractivity contribution in [3.8, 4) is 0 Å². The quantitative estimate of drug-likeness (QED) is 0.838. The normalized spacial score (nSPS) is 11.6. The Labute approximate surface area is 105 Å². The molecule has 0 aromatic carbocycles. The minimum Gasteiger partial charge on any atom is -0.394 e. The van der Waals surface area contributed by atoms with E-state index < -0.39 is 0 Å². The highest BCUT2D eigenvalue weighted by Crippen LogP contribution is 2.19. The van der Waals surface area contributed by atoms with Crippen LogP contribution in [-0.2, 0) is 6.54 Å². The molecule has 2 heterocycles. The number of hydrogen-bond acceptors (Lipinski definition) is 4. The van der Waals surface area contributed by atoms with Gasteiger partial charge >= 0.3 is 0 Å². The van der Waals surface area contributed by atoms with Crippen LogP contribution in [0, 0.1) is 6.92 Å². The molecule has 2 aromatic heterocycles. The molecule has 6 nitrogen and oxygen atoms in total. The van der Waals surface area contributed by atoms with Crippen LogP contribution in [0.1, 0.15) is 25.6 Å². The first-order valence-corrected chi connectivity index (χ1v) is 5.96. The van der Waals surface area contributed by atoms with Crippen molar-refractivity contribution in [2.75, 3.05) is 12.3 Å². The number of aromatic nitrogens is 3. The lowest BCUT2D eigenvalue weighted by Crippen LogP contribution is -2.24. The molecule has 0 atom stereocenters. The lowest BCUT2D eigenvalue weighted by Gasteiger charge is -2.14. The third kappa shape index (κ3) is 1.78. The van der Waals surface area contributed by atoms with Gasteiger partial charge in [0.1, 0.15) is 5.39 Å². The first-order valence-electron chi connectivity index (χ1n) is 5.96. The summed E-state index contributed by atoms with van der Waals surface area (Å²) in [5, 5.41) is 13.5. The molecule has 0 bridgehead atoms. The summed E-state index contributed by atoms with van der Waals surface area (Å²) in [4.78, 5) is 12.4. The lowest BCUT2D eigenvalue weighted by atomic mass is 10.2. The summed E-state index contributed by atoms with van der Waals surface area (Å²) in [5.41, 5.74) is 7.22. The molecular formula is C12H18N4O2. The largest absolute Gasteiger partial charge is 0.394 e. The highest BCUT2D eigenvalue weighted by Gasteiger charge is 2.16. The number of nitrogens with two attached hydrogens (primary N) is 1. The number of pyridine rings is 1. The van der Waals surface area contributed by atoms with Crippen LogP contribution in [0.2, 0.25) is 0 Å². The zero-order valence-electron chi connectivity index (χ0n) is 10.8. The Hall–Kier alpha value is -1.82. The molecule has 2 rings (SSSR count). The van der Waals surface area contributed by atoms with Crippen molar-refractivity contribution in [1.82, 2.24) is 14.3 Å². The summed E-state index contributed by atoms with van der Waals surface area (Å²) < 4.78 is 3.27. The molecule has 0 saturated carbocycles. The van der Waals surface area contributed by atoms with E-state index >= 15 is 0 Å². The predicted octanol–water partition coefficient (Wildman–Crippen LogP) is 0.662. The van der Waals surface area contributed by atoms with Crippen LogP contribution in [0.5, 0.6) is 0 Å². The molecule has 0 aliphatic rings. The first kappa shape index (κ1) is 12.6. The van der Waals surface area contributed by atoms with Gasteiger partial charge in [-0.3, -0.25) is 9.48 Å². The van der Waals surface area contributed by atoms with Crippen LogP contribution in [-0.4, -0.2) is 26.1 Å². The molecule has 18 heavy (non-hydrogen) atoms. The molecular weight excluding hydrogens is 232 g/mol. The van der Waals surface area contributed by atoms with Gasteiger partial charge < -0.3 is 15.4 Å². The van der Waals surface area contributed by atoms with E-state index in [1.807, 2.05) is 26.8 Å². The molecule has 6 heteroatoms. The van der Waals surface area contributed by atoms with Crippen molar-refractivity contribution < 1.29 is 5.11 Å². The minimum absolute atomic E-state index is 0.0392. The molecule has 2 aromatic rings. The Bertz CT molecular complexity index is 640. The molecule has 0 saturated heterocycles. The zero-order valence-corrected chi connectivity index (χ0v) is 10.8. The standard InChI is InChI=1S/C12H18N4O2/c1-7(2)16-8(3)6-9-10(12(16)18)11(13)14-15(9)4-5-17/h6-7,17H,4-5H2,1-3H3,(H2,13,14). The Balaban J connectivity index is 2.84. The van der Waals surface area contributed by atoms with Gasteiger partial charge in [0.2, 0.25) is 0 Å². The topological polar surface area (TPSA) is 86.1 Å². The van der Waals surface area contributed by atoms with Crippen LogP contribution in [0.25, 0.3) is 10.9 Å². The summed E-state index contributed by atoms with van der Waals surface area (Å²) in [7, 11) is 0. The SMILES string of the molecule is Cc1cc2c(c(N)nn2CCO)c(=O)n1C(C)C. The molecule has 0 unspecified atom stereocenters. The maximum Gasteiger partial charge on any atom is 0.264 e. The van der Waals surface area contributed by atoms with Crippen molar-refractivity contribution in [3.05, 3.63) is 22.1 Å². The molecule has 0 spiro atoms. The third-order valence-electron chi connectivity index (χ3n) is 3.01. The molecule has 0 radical (unpaired) electrons. The second-order valence-electron chi connectivity index (χ2n) is 4.65. The summed E-state index contributed by atoms with van der Waals surface area (Å²) in [6.45, 7) is 6.08. The highest BCUT2D eigenvalue weighted by atomic mass is 16.3. The Morgan fingerprint density at radius 3 is 2.72 bits per heavy atom. The zero-order chi connectivity index (χ0) is 13.4. The van der Waals surface area contributed by atoms with Crippen molar-refractivity contribution in [2.45, 2.75) is 33.4 Å². The van der Waals surface area contributed by atoms with Gasteiger partial charge in [0.05, 0.1) is 18.7 Å². The van der Waals surface area contributed by atoms with Crippen molar-refractivity contribution in [2.24, 2.45) is 0 Å². The van der Waals surface area contributed by atoms with Crippen LogP contribution >= 0.6 is 0 Å². The maximum atomic E-state index is 12.4. The number of rotatable bonds is 3. The van der Waals surface area contributed by atoms with Crippen LogP contribution in [0.4, 0.5) is 5.82 Å². The van der Waals surface area contributed by atoms with Gasteiger partial charge in [-0.15, -0.1) is 0 Å². The van der Waals surface area contributed by atoms with E-state index in [-0.39, 0.29) is 24.0 Å². The van der Waals surface area contributed by atoms with E-state index in [0.717, 1.165) is 5.69 Å². The number of nitrogens with zero attached hydrogens (tertiary/aromatic N) is 3. The summed E-state index contributed by atoms with van der Waals surface area (Å²) in [6, 6.07) is 1.96. The first-order chi connectivity index (χ1) is 8.47. The minimum atomic E-state index is -0.123. The number of aliphatic hydroxyl groups is 1. The van der Waals surface area contributed by atoms with Gasteiger partial charge in [-0.25, -0.2) is 0 Å². The van der Waals surface area contributed by atoms with E-state index in [0.29, 0.717) is 17.4 Å². The Morgan fingerprint density at radius 1 is 1.50 bits per heavy atom. The van der Waals surface area contributed by atoms with E-state index in [1.165, 1.54) is 0 Å². The second kappa shape index (κ2) is 4.45. The molecule has 0 amide bonds. The number of aliphatic hydroxyl groups excluding tert-OH is 1. The lowest BCUT2D eigenvalue weighted by molar-refractivity contribution is 0.272. The van der Waals surface area contributed by atoms with Crippen molar-refractivity contribution in [3.63, 3.8) is 0 Å². The molecule has 98 valence electrons. The van der Waals surface area contributed by atoms with Gasteiger partial charge in [-0.1, -0.05) is 0 Å². The van der Waals surface area contributed by atoms with E-state index in [2.05, 4.69) is 5.10 Å². The van der Waals surface area contributed by atoms with Crippen molar-refractivity contribution in [1.29, 1.82) is 0 Å². The second-order valence-corrected chi connectivity index (χ2v) is 4.65. The maximum absolute atomic E-state index is 12.4. The van der Waals surface area contributed by atoms with E-state index in [9.17, 15) is 4.79 Å². The fourth-order valence-electron chi connectivity index (χ4n) is 2.31. The van der Waals surface area contributed by atoms with Crippen LogP contribution in [0.15, 0.2) is 10.9 Å². The number of anilines is 1. The van der Waals surface area contributed by atoms with Gasteiger partial charge in [0, 0.05) is 11.7 Å². The van der Waals surface area contributed by atoms with Crippen LogP contribution < -0.4 is 11.3 Å². The van der Waals surface area contributed by atoms with Gasteiger partial charge in [0.25, 0.3) is 5.56 Å². The highest BCUT2D eigenvalue weighted by molar-refractivity contribution is 5.88. The fourth-order valence-corrected chi connectivity index (χ4v) is 2.31. The summed E-state index contributed by atoms with van der Waals surface area (Å²) in [6.07, 6.45) is 0. The summed E-state index contributed by atoms with van der Waals surface area (Å²) in [5.74, 6) is 0.220. The van der Waals surface area contributed by atoms with E-state index in [4.69, 9.17) is 10.8 Å². The number of fused-ring (bicyclic) bond motifs is 1. The summed E-state index contributed by atoms with van der Waals surface area (Å²) >= 11 is 0. The Morgan fingerprint density at radius 2 is 2.17 bits per heavy atom. The van der Waals surface area contributed by atoms with Crippen molar-refractivity contribution >= 4 is 16.7 Å². The fraction of sp³-hybridized carbons (Fsp3) is 0.500. The predicted molar refractivity (Wildman–Crippen MR) is 70.6 cm³/mol. The average molecular weight is 250 g/mol. The number of hydrogen-bond donors (Lipinski definition) is 2. The van der Waals surface area contributed by atoms with Crippen LogP contribution in [0.3, 0.4) is 0 Å². The molecule has 0 aliphatic heterocycles. The van der Waals surface area contributed by atoms with Gasteiger partial charge in [-0.05, 0) is 26.8 Å².